The summed E-state index contributed by atoms with van der Waals surface area (Å²) in [6.45, 7) is 2.89. The van der Waals surface area contributed by atoms with E-state index in [1.54, 1.807) is 4.90 Å². The van der Waals surface area contributed by atoms with Crippen molar-refractivity contribution in [2.45, 2.75) is 6.42 Å². The van der Waals surface area contributed by atoms with E-state index in [9.17, 15) is 9.18 Å². The summed E-state index contributed by atoms with van der Waals surface area (Å²) in [7, 11) is 0. The van der Waals surface area contributed by atoms with E-state index >= 15 is 0 Å². The van der Waals surface area contributed by atoms with Crippen LogP contribution in [0.25, 0.3) is 0 Å². The third-order valence-electron chi connectivity index (χ3n) is 2.64. The van der Waals surface area contributed by atoms with Crippen LogP contribution in [0.3, 0.4) is 0 Å². The number of hydrogen-bond acceptors (Lipinski definition) is 5. The molecule has 0 bridgehead atoms. The fourth-order valence-electron chi connectivity index (χ4n) is 1.70. The zero-order valence-electron chi connectivity index (χ0n) is 9.93. The minimum atomic E-state index is -0.591. The quantitative estimate of drug-likeness (QED) is 0.781. The summed E-state index contributed by atoms with van der Waals surface area (Å²) < 4.78 is 17.9. The highest BCUT2D eigenvalue weighted by Gasteiger charge is 2.15. The first-order chi connectivity index (χ1) is 8.75. The van der Waals surface area contributed by atoms with Gasteiger partial charge in [0.25, 0.3) is 0 Å². The number of halogens is 1. The van der Waals surface area contributed by atoms with Crippen molar-refractivity contribution < 1.29 is 13.9 Å². The van der Waals surface area contributed by atoms with Crippen molar-refractivity contribution in [2.24, 2.45) is 0 Å². The lowest BCUT2D eigenvalue weighted by atomic mass is 10.3. The van der Waals surface area contributed by atoms with Crippen molar-refractivity contribution in [3.63, 3.8) is 0 Å². The Hall–Kier alpha value is -1.76. The van der Waals surface area contributed by atoms with Crippen LogP contribution in [0.2, 0.25) is 0 Å². The van der Waals surface area contributed by atoms with Crippen LogP contribution in [-0.2, 0) is 9.53 Å². The van der Waals surface area contributed by atoms with E-state index in [-0.39, 0.29) is 5.91 Å². The fourth-order valence-corrected chi connectivity index (χ4v) is 1.70. The molecular formula is C11H15FN4O2. The first kappa shape index (κ1) is 12.7. The molecule has 1 aromatic rings. The van der Waals surface area contributed by atoms with Crippen LogP contribution >= 0.6 is 0 Å². The zero-order valence-corrected chi connectivity index (χ0v) is 9.93. The molecule has 1 saturated heterocycles. The molecule has 1 aliphatic rings. The van der Waals surface area contributed by atoms with Gasteiger partial charge in [-0.05, 0) is 0 Å². The van der Waals surface area contributed by atoms with E-state index in [0.717, 1.165) is 6.33 Å². The summed E-state index contributed by atoms with van der Waals surface area (Å²) in [5.74, 6) is -0.135. The summed E-state index contributed by atoms with van der Waals surface area (Å²) in [5.41, 5.74) is 0. The van der Waals surface area contributed by atoms with Gasteiger partial charge in [-0.15, -0.1) is 0 Å². The van der Waals surface area contributed by atoms with Crippen molar-refractivity contribution in [1.29, 1.82) is 0 Å². The second kappa shape index (κ2) is 6.25. The van der Waals surface area contributed by atoms with Gasteiger partial charge in [0, 0.05) is 32.1 Å². The number of morpholine rings is 1. The number of amides is 1. The molecule has 0 radical (unpaired) electrons. The van der Waals surface area contributed by atoms with E-state index in [1.807, 2.05) is 0 Å². The normalized spacial score (nSPS) is 15.5. The van der Waals surface area contributed by atoms with Gasteiger partial charge in [-0.1, -0.05) is 0 Å². The predicted octanol–water partition coefficient (Wildman–Crippen LogP) is 0.276. The van der Waals surface area contributed by atoms with Gasteiger partial charge >= 0.3 is 0 Å². The maximum atomic E-state index is 12.8. The van der Waals surface area contributed by atoms with Crippen molar-refractivity contribution in [3.8, 4) is 0 Å². The monoisotopic (exact) mass is 254 g/mol. The number of ether oxygens (including phenoxy) is 1. The highest BCUT2D eigenvalue weighted by atomic mass is 19.1. The predicted molar refractivity (Wildman–Crippen MR) is 62.5 cm³/mol. The second-order valence-corrected chi connectivity index (χ2v) is 3.90. The van der Waals surface area contributed by atoms with Crippen molar-refractivity contribution in [1.82, 2.24) is 14.9 Å². The molecule has 7 heteroatoms. The van der Waals surface area contributed by atoms with Gasteiger partial charge in [-0.25, -0.2) is 9.97 Å². The molecule has 1 aliphatic heterocycles. The van der Waals surface area contributed by atoms with Crippen LogP contribution in [-0.4, -0.2) is 53.6 Å². The summed E-state index contributed by atoms with van der Waals surface area (Å²) in [5, 5.41) is 2.89. The molecular weight excluding hydrogens is 239 g/mol. The van der Waals surface area contributed by atoms with E-state index in [2.05, 4.69) is 15.3 Å². The van der Waals surface area contributed by atoms with E-state index < -0.39 is 5.95 Å². The largest absolute Gasteiger partial charge is 0.378 e. The smallest absolute Gasteiger partial charge is 0.224 e. The van der Waals surface area contributed by atoms with Crippen LogP contribution in [0, 0.1) is 5.95 Å². The number of rotatable bonds is 4. The molecule has 2 rings (SSSR count). The third-order valence-corrected chi connectivity index (χ3v) is 2.64. The van der Waals surface area contributed by atoms with Crippen LogP contribution in [0.1, 0.15) is 6.42 Å². The molecule has 0 spiro atoms. The van der Waals surface area contributed by atoms with Gasteiger partial charge in [0.2, 0.25) is 11.9 Å². The van der Waals surface area contributed by atoms with Crippen molar-refractivity contribution >= 4 is 11.7 Å². The minimum absolute atomic E-state index is 0.0697. The number of carbonyl (C=O) groups excluding carboxylic acids is 1. The maximum Gasteiger partial charge on any atom is 0.224 e. The highest BCUT2D eigenvalue weighted by Crippen LogP contribution is 2.04. The standard InChI is InChI=1S/C11H15FN4O2/c12-9-7-10(15-8-14-9)13-2-1-11(17)16-3-5-18-6-4-16/h7-8H,1-6H2,(H,13,14,15). The van der Waals surface area contributed by atoms with Crippen molar-refractivity contribution in [2.75, 3.05) is 38.2 Å². The fraction of sp³-hybridized carbons (Fsp3) is 0.545. The van der Waals surface area contributed by atoms with Crippen LogP contribution in [0.15, 0.2) is 12.4 Å². The minimum Gasteiger partial charge on any atom is -0.378 e. The van der Waals surface area contributed by atoms with Gasteiger partial charge in [0.05, 0.1) is 13.2 Å². The van der Waals surface area contributed by atoms with Crippen LogP contribution in [0.4, 0.5) is 10.2 Å². The molecule has 1 N–H and O–H groups in total. The zero-order chi connectivity index (χ0) is 12.8. The van der Waals surface area contributed by atoms with E-state index in [1.165, 1.54) is 6.07 Å². The topological polar surface area (TPSA) is 67.4 Å². The summed E-state index contributed by atoms with van der Waals surface area (Å²) in [6, 6.07) is 1.19. The average molecular weight is 254 g/mol. The molecule has 0 atom stereocenters. The Kier molecular flexibility index (Phi) is 4.40. The SMILES string of the molecule is O=C(CCNc1cc(F)ncn1)N1CCOCC1. The molecule has 0 saturated carbocycles. The maximum absolute atomic E-state index is 12.8. The number of hydrogen-bond donors (Lipinski definition) is 1. The Morgan fingerprint density at radius 2 is 2.22 bits per heavy atom. The molecule has 98 valence electrons. The van der Waals surface area contributed by atoms with Gasteiger partial charge < -0.3 is 15.0 Å². The first-order valence-electron chi connectivity index (χ1n) is 5.82. The molecule has 1 fully saturated rings. The van der Waals surface area contributed by atoms with E-state index in [0.29, 0.717) is 45.1 Å². The lowest BCUT2D eigenvalue weighted by molar-refractivity contribution is -0.134. The Balaban J connectivity index is 1.73. The Morgan fingerprint density at radius 3 is 2.94 bits per heavy atom. The van der Waals surface area contributed by atoms with Crippen LogP contribution in [0.5, 0.6) is 0 Å². The molecule has 1 aromatic heterocycles. The number of nitrogens with one attached hydrogen (secondary N) is 1. The Bertz CT molecular complexity index is 410. The molecule has 2 heterocycles. The van der Waals surface area contributed by atoms with Gasteiger partial charge in [-0.2, -0.15) is 4.39 Å². The number of carbonyl (C=O) groups is 1. The van der Waals surface area contributed by atoms with E-state index in [4.69, 9.17) is 4.74 Å². The van der Waals surface area contributed by atoms with Gasteiger partial charge in [-0.3, -0.25) is 4.79 Å². The lowest BCUT2D eigenvalue weighted by Gasteiger charge is -2.26. The molecule has 6 nitrogen and oxygen atoms in total. The van der Waals surface area contributed by atoms with Crippen molar-refractivity contribution in [3.05, 3.63) is 18.3 Å². The molecule has 0 aliphatic carbocycles. The van der Waals surface area contributed by atoms with Crippen LogP contribution < -0.4 is 5.32 Å². The molecule has 18 heavy (non-hydrogen) atoms. The average Bonchev–Trinajstić information content (AvgIpc) is 2.40. The number of anilines is 1. The van der Waals surface area contributed by atoms with Gasteiger partial charge in [0.1, 0.15) is 12.1 Å². The highest BCUT2D eigenvalue weighted by molar-refractivity contribution is 5.76. The first-order valence-corrected chi connectivity index (χ1v) is 5.82. The molecule has 0 unspecified atom stereocenters. The Labute approximate surface area is 104 Å². The number of nitrogens with zero attached hydrogens (tertiary/aromatic N) is 3. The summed E-state index contributed by atoms with van der Waals surface area (Å²) in [4.78, 5) is 20.7. The second-order valence-electron chi connectivity index (χ2n) is 3.90. The Morgan fingerprint density at radius 1 is 1.44 bits per heavy atom. The van der Waals surface area contributed by atoms with Gasteiger partial charge in [0.15, 0.2) is 0 Å². The summed E-state index contributed by atoms with van der Waals surface area (Å²) >= 11 is 0. The summed E-state index contributed by atoms with van der Waals surface area (Å²) in [6.07, 6.45) is 1.49. The number of aromatic nitrogens is 2. The lowest BCUT2D eigenvalue weighted by Crippen LogP contribution is -2.41. The molecule has 1 amide bonds. The molecule has 0 aromatic carbocycles. The third kappa shape index (κ3) is 3.63.